The molecule has 17 N–H and O–H groups in total. The predicted molar refractivity (Wildman–Crippen MR) is 294 cm³/mol. The summed E-state index contributed by atoms with van der Waals surface area (Å²) < 4.78 is 0. The van der Waals surface area contributed by atoms with Gasteiger partial charge < -0.3 is 79.9 Å². The van der Waals surface area contributed by atoms with Gasteiger partial charge in [-0.1, -0.05) is 62.4 Å². The average Bonchev–Trinajstić information content (AvgIpc) is 4.38. The Kier molecular flexibility index (Phi) is 21.9. The van der Waals surface area contributed by atoms with Gasteiger partial charge in [0.1, 0.15) is 54.4 Å². The molecule has 4 aromatic rings. The molecule has 2 aromatic carbocycles. The summed E-state index contributed by atoms with van der Waals surface area (Å²) in [5, 5.41) is 23.2. The van der Waals surface area contributed by atoms with E-state index in [9.17, 15) is 62.3 Å². The minimum Gasteiger partial charge on any atom is -0.370 e. The maximum atomic E-state index is 14.7. The van der Waals surface area contributed by atoms with E-state index in [0.29, 0.717) is 34.1 Å². The third-order valence-corrected chi connectivity index (χ3v) is 13.9. The Morgan fingerprint density at radius 2 is 1.16 bits per heavy atom. The van der Waals surface area contributed by atoms with Gasteiger partial charge in [0.25, 0.3) is 0 Å². The molecule has 2 saturated heterocycles. The fourth-order valence-electron chi connectivity index (χ4n) is 9.53. The van der Waals surface area contributed by atoms with Crippen molar-refractivity contribution < 1.29 is 62.3 Å². The number of nitrogens with one attached hydrogen (secondary N) is 11. The minimum absolute atomic E-state index is 0.0461. The Bertz CT molecular complexity index is 3060. The second kappa shape index (κ2) is 29.1. The number of fused-ring (bicyclic) bond motifs is 2. The van der Waals surface area contributed by atoms with Crippen LogP contribution < -0.4 is 65.1 Å². The lowest BCUT2D eigenvalue weighted by Gasteiger charge is -2.31. The quantitative estimate of drug-likeness (QED) is 0.0568. The van der Waals surface area contributed by atoms with E-state index in [4.69, 9.17) is 17.2 Å². The number of hydrogen-bond donors (Lipinski definition) is 14. The number of amides is 13. The first-order valence-corrected chi connectivity index (χ1v) is 26.9. The third kappa shape index (κ3) is 17.9. The van der Waals surface area contributed by atoms with Gasteiger partial charge in [-0.25, -0.2) is 4.98 Å². The molecule has 0 spiro atoms. The molecular formula is C54H70N16O13. The van der Waals surface area contributed by atoms with E-state index in [0.717, 1.165) is 0 Å². The second-order valence-corrected chi connectivity index (χ2v) is 20.7. The molecule has 29 nitrogen and oxygen atoms in total. The molecule has 0 bridgehead atoms. The lowest BCUT2D eigenvalue weighted by atomic mass is 10.0. The number of hydrogen-bond acceptors (Lipinski definition) is 14. The van der Waals surface area contributed by atoms with Crippen LogP contribution >= 0.6 is 0 Å². The zero-order chi connectivity index (χ0) is 60.5. The highest BCUT2D eigenvalue weighted by Gasteiger charge is 2.41. The summed E-state index contributed by atoms with van der Waals surface area (Å²) in [4.78, 5) is 190. The van der Waals surface area contributed by atoms with Crippen molar-refractivity contribution in [2.24, 2.45) is 23.1 Å². The number of imidazole rings is 1. The van der Waals surface area contributed by atoms with Gasteiger partial charge in [-0.3, -0.25) is 62.3 Å². The lowest BCUT2D eigenvalue weighted by Crippen LogP contribution is -2.61. The SMILES string of the molecule is CC1NC(=O)C(CC(N)=O)NC(=O)C2CCCN2C(=O)C(C(C)C)NC(=O)CNC(=O)C(Cc2ccccc2)NC(=O)C(CC(N)=O)NC(=O)C(CCC(N)=O)NC(=O)C(Cc2c[nH]c3ccccc23)NC(=O)C(Cc2cnc[nH]2)NC1=O. The summed E-state index contributed by atoms with van der Waals surface area (Å²) in [5.41, 5.74) is 18.6. The Morgan fingerprint density at radius 1 is 0.602 bits per heavy atom. The van der Waals surface area contributed by atoms with Crippen LogP contribution in [0.15, 0.2) is 73.3 Å². The zero-order valence-corrected chi connectivity index (χ0v) is 45.9. The highest BCUT2D eigenvalue weighted by Crippen LogP contribution is 2.22. The van der Waals surface area contributed by atoms with Crippen LogP contribution in [0, 0.1) is 5.92 Å². The number of carbonyl (C=O) groups is 13. The molecule has 29 heteroatoms. The van der Waals surface area contributed by atoms with Crippen molar-refractivity contribution in [1.29, 1.82) is 0 Å². The number of H-pyrrole nitrogens is 2. The summed E-state index contributed by atoms with van der Waals surface area (Å²) in [5.74, 6) is -13.2. The van der Waals surface area contributed by atoms with E-state index in [1.54, 1.807) is 74.6 Å². The van der Waals surface area contributed by atoms with Crippen LogP contribution in [0.4, 0.5) is 0 Å². The number of nitrogens with two attached hydrogens (primary N) is 3. The largest absolute Gasteiger partial charge is 0.370 e. The Labute approximate surface area is 475 Å². The monoisotopic (exact) mass is 1150 g/mol. The number of aromatic amines is 2. The van der Waals surface area contributed by atoms with Crippen LogP contribution in [0.3, 0.4) is 0 Å². The predicted octanol–water partition coefficient (Wildman–Crippen LogP) is -4.39. The molecule has 4 heterocycles. The van der Waals surface area contributed by atoms with E-state index < -0.39 is 169 Å². The van der Waals surface area contributed by atoms with Crippen LogP contribution in [0.25, 0.3) is 10.9 Å². The van der Waals surface area contributed by atoms with E-state index in [1.165, 1.54) is 24.3 Å². The van der Waals surface area contributed by atoms with Gasteiger partial charge in [0.15, 0.2) is 0 Å². The molecule has 0 radical (unpaired) electrons. The molecular weight excluding hydrogens is 1080 g/mol. The Hall–Kier alpha value is -9.70. The average molecular weight is 1150 g/mol. The lowest BCUT2D eigenvalue weighted by molar-refractivity contribution is -0.143. The fourth-order valence-corrected chi connectivity index (χ4v) is 9.53. The van der Waals surface area contributed by atoms with Crippen LogP contribution in [0.2, 0.25) is 0 Å². The van der Waals surface area contributed by atoms with Crippen LogP contribution in [0.1, 0.15) is 76.1 Å². The maximum Gasteiger partial charge on any atom is 0.246 e. The Morgan fingerprint density at radius 3 is 1.78 bits per heavy atom. The third-order valence-electron chi connectivity index (χ3n) is 13.9. The molecule has 2 aliphatic rings. The van der Waals surface area contributed by atoms with Crippen molar-refractivity contribution in [1.82, 2.24) is 67.7 Å². The van der Waals surface area contributed by atoms with Gasteiger partial charge in [-0.2, -0.15) is 0 Å². The molecule has 13 amide bonds. The van der Waals surface area contributed by atoms with E-state index >= 15 is 0 Å². The van der Waals surface area contributed by atoms with Gasteiger partial charge in [-0.05, 0) is 49.3 Å². The summed E-state index contributed by atoms with van der Waals surface area (Å²) >= 11 is 0. The highest BCUT2D eigenvalue weighted by molar-refractivity contribution is 6.01. The first-order valence-electron chi connectivity index (χ1n) is 26.9. The molecule has 83 heavy (non-hydrogen) atoms. The Balaban J connectivity index is 1.39. The number of primary amides is 3. The van der Waals surface area contributed by atoms with Crippen molar-refractivity contribution in [3.63, 3.8) is 0 Å². The standard InChI is InChI=1S/C54H70N16O13/c1-27(2)45-54(83)70-17-9-14-40(70)53(82)68-38(21-42(56)72)49(78)62-28(3)46(75)64-37(20-31-24-58-26-61-31)51(80)66-36(19-30-23-59-33-13-8-7-12-32(30)33)50(79)63-34(15-16-41(55)71)48(77)67-39(22-43(57)73)52(81)65-35(18-29-10-5-4-6-11-29)47(76)60-25-44(74)69-45/h4-8,10-13,23-24,26-28,34-40,45,59H,9,14-22,25H2,1-3H3,(H2,55,71)(H2,56,72)(H2,57,73)(H,58,61)(H,60,76)(H,62,78)(H,63,79)(H,64,75)(H,65,81)(H,66,80)(H,67,77)(H,68,82)(H,69,74). The van der Waals surface area contributed by atoms with Gasteiger partial charge >= 0.3 is 0 Å². The summed E-state index contributed by atoms with van der Waals surface area (Å²) in [7, 11) is 0. The zero-order valence-electron chi connectivity index (χ0n) is 45.9. The van der Waals surface area contributed by atoms with Crippen LogP contribution in [0.5, 0.6) is 0 Å². The molecule has 9 atom stereocenters. The molecule has 2 aliphatic heterocycles. The van der Waals surface area contributed by atoms with Crippen molar-refractivity contribution in [2.45, 2.75) is 133 Å². The molecule has 444 valence electrons. The van der Waals surface area contributed by atoms with Gasteiger partial charge in [0, 0.05) is 61.2 Å². The van der Waals surface area contributed by atoms with Gasteiger partial charge in [0.05, 0.1) is 25.7 Å². The van der Waals surface area contributed by atoms with Gasteiger partial charge in [0.2, 0.25) is 76.8 Å². The number of para-hydroxylation sites is 1. The van der Waals surface area contributed by atoms with E-state index in [-0.39, 0.29) is 32.2 Å². The van der Waals surface area contributed by atoms with Crippen molar-refractivity contribution in [3.8, 4) is 0 Å². The molecule has 0 aliphatic carbocycles. The molecule has 6 rings (SSSR count). The summed E-state index contributed by atoms with van der Waals surface area (Å²) in [6.07, 6.45) is 1.35. The van der Waals surface area contributed by atoms with E-state index in [1.807, 2.05) is 0 Å². The molecule has 2 aromatic heterocycles. The first-order chi connectivity index (χ1) is 39.5. The minimum atomic E-state index is -1.83. The molecule has 2 fully saturated rings. The van der Waals surface area contributed by atoms with E-state index in [2.05, 4.69) is 62.8 Å². The molecule has 0 saturated carbocycles. The number of benzene rings is 2. The second-order valence-electron chi connectivity index (χ2n) is 20.7. The van der Waals surface area contributed by atoms with Gasteiger partial charge in [-0.15, -0.1) is 0 Å². The number of aromatic nitrogens is 3. The van der Waals surface area contributed by atoms with Crippen molar-refractivity contribution in [3.05, 3.63) is 90.1 Å². The van der Waals surface area contributed by atoms with Crippen LogP contribution in [-0.4, -0.2) is 164 Å². The topological polar surface area (TPSA) is 456 Å². The smallest absolute Gasteiger partial charge is 0.246 e. The number of nitrogens with zero attached hydrogens (tertiary/aromatic N) is 2. The van der Waals surface area contributed by atoms with Crippen molar-refractivity contribution >= 4 is 87.7 Å². The van der Waals surface area contributed by atoms with Crippen LogP contribution in [-0.2, 0) is 81.6 Å². The summed E-state index contributed by atoms with van der Waals surface area (Å²) in [6.45, 7) is 3.80. The maximum absolute atomic E-state index is 14.7. The number of carbonyl (C=O) groups excluding carboxylic acids is 13. The normalized spacial score (nSPS) is 24.4. The molecule has 9 unspecified atom stereocenters. The first kappa shape index (κ1) is 62.5. The summed E-state index contributed by atoms with van der Waals surface area (Å²) in [6, 6.07) is 1.51. The number of rotatable bonds is 14. The fraction of sp³-hybridized carbons (Fsp3) is 0.444. The highest BCUT2D eigenvalue weighted by atomic mass is 16.2. The van der Waals surface area contributed by atoms with Crippen molar-refractivity contribution in [2.75, 3.05) is 13.1 Å².